The number of hydrogen-bond acceptors (Lipinski definition) is 4. The molecule has 0 aromatic carbocycles. The van der Waals surface area contributed by atoms with Gasteiger partial charge in [0.25, 0.3) is 0 Å². The van der Waals surface area contributed by atoms with Crippen LogP contribution in [0.5, 0.6) is 0 Å². The normalized spacial score (nSPS) is 15.7. The summed E-state index contributed by atoms with van der Waals surface area (Å²) in [6.07, 6.45) is 1.76. The molecule has 0 saturated carbocycles. The number of carbonyl (C=O) groups excluding carboxylic acids is 1. The van der Waals surface area contributed by atoms with E-state index in [1.165, 1.54) is 11.3 Å². The maximum Gasteiger partial charge on any atom is 0.323 e. The van der Waals surface area contributed by atoms with Crippen LogP contribution in [-0.4, -0.2) is 47.0 Å². The van der Waals surface area contributed by atoms with E-state index in [-0.39, 0.29) is 6.03 Å². The van der Waals surface area contributed by atoms with Crippen molar-refractivity contribution in [1.82, 2.24) is 14.8 Å². The number of nitrogens with zero attached hydrogens (tertiary/aromatic N) is 3. The molecule has 1 N–H and O–H groups in total. The zero-order valence-electron chi connectivity index (χ0n) is 10.8. The molecule has 0 spiro atoms. The molecule has 0 atom stereocenters. The fraction of sp³-hybridized carbons (Fsp3) is 0.500. The zero-order chi connectivity index (χ0) is 13.1. The fourth-order valence-corrected chi connectivity index (χ4v) is 2.53. The Morgan fingerprint density at radius 1 is 1.39 bits per heavy atom. The molecule has 2 rings (SSSR count). The zero-order valence-corrected chi connectivity index (χ0v) is 11.6. The predicted molar refractivity (Wildman–Crippen MR) is 73.8 cm³/mol. The molecule has 1 fully saturated rings. The Hall–Kier alpha value is -1.56. The van der Waals surface area contributed by atoms with Gasteiger partial charge in [-0.25, -0.2) is 9.78 Å². The third-order valence-electron chi connectivity index (χ3n) is 2.94. The van der Waals surface area contributed by atoms with Gasteiger partial charge in [-0.3, -0.25) is 5.32 Å². The smallest absolute Gasteiger partial charge is 0.323 e. The number of rotatable bonds is 2. The molecule has 1 aromatic heterocycles. The number of piperazine rings is 1. The van der Waals surface area contributed by atoms with Gasteiger partial charge >= 0.3 is 6.03 Å². The highest BCUT2D eigenvalue weighted by Crippen LogP contribution is 2.17. The minimum absolute atomic E-state index is 0.0642. The van der Waals surface area contributed by atoms with Crippen molar-refractivity contribution in [2.24, 2.45) is 0 Å². The van der Waals surface area contributed by atoms with E-state index >= 15 is 0 Å². The molecule has 98 valence electrons. The molecule has 0 bridgehead atoms. The molecule has 1 saturated heterocycles. The number of allylic oxidation sites excluding steroid dienone is 1. The SMILES string of the molecule is C=C(C)N1CCN(C(=O)Nc2ncc(C)s2)CC1. The Balaban J connectivity index is 1.86. The molecule has 2 amide bonds. The van der Waals surface area contributed by atoms with Gasteiger partial charge in [0.1, 0.15) is 0 Å². The molecular weight excluding hydrogens is 248 g/mol. The molecular formula is C12H18N4OS. The van der Waals surface area contributed by atoms with Gasteiger partial charge in [-0.15, -0.1) is 11.3 Å². The van der Waals surface area contributed by atoms with Crippen LogP contribution in [0.25, 0.3) is 0 Å². The lowest BCUT2D eigenvalue weighted by molar-refractivity contribution is 0.168. The van der Waals surface area contributed by atoms with Gasteiger partial charge < -0.3 is 9.80 Å². The van der Waals surface area contributed by atoms with E-state index in [4.69, 9.17) is 0 Å². The number of aryl methyl sites for hydroxylation is 1. The van der Waals surface area contributed by atoms with Crippen molar-refractivity contribution in [1.29, 1.82) is 0 Å². The Labute approximate surface area is 111 Å². The van der Waals surface area contributed by atoms with Crippen LogP contribution in [0, 0.1) is 6.92 Å². The second-order valence-corrected chi connectivity index (χ2v) is 5.65. The fourth-order valence-electron chi connectivity index (χ4n) is 1.87. The molecule has 1 aliphatic rings. The first kappa shape index (κ1) is 12.9. The number of urea groups is 1. The Bertz CT molecular complexity index is 449. The highest BCUT2D eigenvalue weighted by molar-refractivity contribution is 7.15. The highest BCUT2D eigenvalue weighted by atomic mass is 32.1. The summed E-state index contributed by atoms with van der Waals surface area (Å²) in [6.45, 7) is 11.0. The van der Waals surface area contributed by atoms with Gasteiger partial charge in [-0.05, 0) is 13.8 Å². The number of anilines is 1. The third-order valence-corrected chi connectivity index (χ3v) is 3.77. The van der Waals surface area contributed by atoms with Crippen molar-refractivity contribution in [3.8, 4) is 0 Å². The molecule has 1 aromatic rings. The maximum absolute atomic E-state index is 12.0. The van der Waals surface area contributed by atoms with Crippen LogP contribution in [0.15, 0.2) is 18.5 Å². The van der Waals surface area contributed by atoms with Crippen LogP contribution in [0.3, 0.4) is 0 Å². The van der Waals surface area contributed by atoms with E-state index in [2.05, 4.69) is 21.8 Å². The Morgan fingerprint density at radius 3 is 2.50 bits per heavy atom. The van der Waals surface area contributed by atoms with Gasteiger partial charge in [0, 0.05) is 43.0 Å². The standard InChI is InChI=1S/C12H18N4OS/c1-9(2)15-4-6-16(7-5-15)12(17)14-11-13-8-10(3)18-11/h8H,1,4-7H2,2-3H3,(H,13,14,17). The van der Waals surface area contributed by atoms with Crippen molar-refractivity contribution in [2.75, 3.05) is 31.5 Å². The van der Waals surface area contributed by atoms with Gasteiger partial charge in [0.05, 0.1) is 0 Å². The number of amides is 2. The van der Waals surface area contributed by atoms with Gasteiger partial charge in [-0.2, -0.15) is 0 Å². The van der Waals surface area contributed by atoms with E-state index in [1.54, 1.807) is 6.20 Å². The summed E-state index contributed by atoms with van der Waals surface area (Å²) in [5, 5.41) is 3.50. The molecule has 5 nitrogen and oxygen atoms in total. The average molecular weight is 266 g/mol. The van der Waals surface area contributed by atoms with Crippen LogP contribution >= 0.6 is 11.3 Å². The first-order chi connectivity index (χ1) is 8.56. The van der Waals surface area contributed by atoms with Crippen molar-refractivity contribution >= 4 is 22.5 Å². The predicted octanol–water partition coefficient (Wildman–Crippen LogP) is 2.13. The third kappa shape index (κ3) is 3.01. The minimum Gasteiger partial charge on any atom is -0.372 e. The Morgan fingerprint density at radius 2 is 2.00 bits per heavy atom. The molecule has 0 unspecified atom stereocenters. The van der Waals surface area contributed by atoms with Crippen LogP contribution < -0.4 is 5.32 Å². The largest absolute Gasteiger partial charge is 0.372 e. The molecule has 6 heteroatoms. The number of hydrogen-bond donors (Lipinski definition) is 1. The number of carbonyl (C=O) groups is 1. The summed E-state index contributed by atoms with van der Waals surface area (Å²) >= 11 is 1.49. The number of thiazole rings is 1. The summed E-state index contributed by atoms with van der Waals surface area (Å²) in [5.41, 5.74) is 1.06. The summed E-state index contributed by atoms with van der Waals surface area (Å²) < 4.78 is 0. The van der Waals surface area contributed by atoms with E-state index in [0.29, 0.717) is 5.13 Å². The summed E-state index contributed by atoms with van der Waals surface area (Å²) in [6, 6.07) is -0.0642. The van der Waals surface area contributed by atoms with E-state index < -0.39 is 0 Å². The van der Waals surface area contributed by atoms with Crippen LogP contribution in [0.1, 0.15) is 11.8 Å². The van der Waals surface area contributed by atoms with E-state index in [9.17, 15) is 4.79 Å². The summed E-state index contributed by atoms with van der Waals surface area (Å²) in [7, 11) is 0. The monoisotopic (exact) mass is 266 g/mol. The highest BCUT2D eigenvalue weighted by Gasteiger charge is 2.21. The molecule has 18 heavy (non-hydrogen) atoms. The van der Waals surface area contributed by atoms with Gasteiger partial charge in [0.2, 0.25) is 0 Å². The second-order valence-electron chi connectivity index (χ2n) is 4.42. The molecule has 0 radical (unpaired) electrons. The van der Waals surface area contributed by atoms with E-state index in [0.717, 1.165) is 36.8 Å². The number of nitrogens with one attached hydrogen (secondary N) is 1. The first-order valence-electron chi connectivity index (χ1n) is 5.95. The lowest BCUT2D eigenvalue weighted by Gasteiger charge is -2.35. The van der Waals surface area contributed by atoms with Crippen LogP contribution in [-0.2, 0) is 0 Å². The molecule has 2 heterocycles. The van der Waals surface area contributed by atoms with Crippen molar-refractivity contribution < 1.29 is 4.79 Å². The average Bonchev–Trinajstić information content (AvgIpc) is 2.75. The van der Waals surface area contributed by atoms with Crippen LogP contribution in [0.2, 0.25) is 0 Å². The topological polar surface area (TPSA) is 48.5 Å². The lowest BCUT2D eigenvalue weighted by atomic mass is 10.3. The number of aromatic nitrogens is 1. The van der Waals surface area contributed by atoms with Gasteiger partial charge in [0.15, 0.2) is 5.13 Å². The quantitative estimate of drug-likeness (QED) is 0.892. The summed E-state index contributed by atoms with van der Waals surface area (Å²) in [4.78, 5) is 21.2. The van der Waals surface area contributed by atoms with E-state index in [1.807, 2.05) is 18.7 Å². The lowest BCUT2D eigenvalue weighted by Crippen LogP contribution is -2.49. The van der Waals surface area contributed by atoms with Crippen LogP contribution in [0.4, 0.5) is 9.93 Å². The van der Waals surface area contributed by atoms with Gasteiger partial charge in [-0.1, -0.05) is 6.58 Å². The Kier molecular flexibility index (Phi) is 3.86. The van der Waals surface area contributed by atoms with Crippen molar-refractivity contribution in [3.63, 3.8) is 0 Å². The first-order valence-corrected chi connectivity index (χ1v) is 6.77. The molecule has 1 aliphatic heterocycles. The summed E-state index contributed by atoms with van der Waals surface area (Å²) in [5.74, 6) is 0. The maximum atomic E-state index is 12.0. The van der Waals surface area contributed by atoms with Crippen molar-refractivity contribution in [3.05, 3.63) is 23.3 Å². The minimum atomic E-state index is -0.0642. The van der Waals surface area contributed by atoms with Crippen molar-refractivity contribution in [2.45, 2.75) is 13.8 Å². The second kappa shape index (κ2) is 5.39. The molecule has 0 aliphatic carbocycles.